The topological polar surface area (TPSA) is 34.9 Å². The zero-order valence-electron chi connectivity index (χ0n) is 12.9. The van der Waals surface area contributed by atoms with Gasteiger partial charge in [-0.25, -0.2) is 13.8 Å². The summed E-state index contributed by atoms with van der Waals surface area (Å²) in [6, 6.07) is 12.2. The van der Waals surface area contributed by atoms with Gasteiger partial charge < -0.3 is 0 Å². The molecule has 0 aliphatic carbocycles. The average Bonchev–Trinajstić information content (AvgIpc) is 3.04. The lowest BCUT2D eigenvalue weighted by Gasteiger charge is -2.06. The Balaban J connectivity index is 1.77. The van der Waals surface area contributed by atoms with Gasteiger partial charge in [-0.1, -0.05) is 24.3 Å². The fourth-order valence-corrected chi connectivity index (χ4v) is 3.68. The van der Waals surface area contributed by atoms with Gasteiger partial charge in [0.15, 0.2) is 0 Å². The van der Waals surface area contributed by atoms with Gasteiger partial charge in [-0.05, 0) is 35.4 Å². The minimum Gasteiger partial charge on any atom is -0.294 e. The Kier molecular flexibility index (Phi) is 3.89. The van der Waals surface area contributed by atoms with Crippen LogP contribution in [-0.2, 0) is 6.54 Å². The number of rotatable bonds is 3. The van der Waals surface area contributed by atoms with E-state index in [1.54, 1.807) is 24.3 Å². The summed E-state index contributed by atoms with van der Waals surface area (Å²) < 4.78 is 28.5. The van der Waals surface area contributed by atoms with Crippen LogP contribution in [0.1, 0.15) is 5.56 Å². The van der Waals surface area contributed by atoms with E-state index < -0.39 is 0 Å². The van der Waals surface area contributed by atoms with E-state index in [1.807, 2.05) is 5.38 Å². The summed E-state index contributed by atoms with van der Waals surface area (Å²) in [6.45, 7) is 0.315. The van der Waals surface area contributed by atoms with Crippen molar-refractivity contribution in [2.75, 3.05) is 0 Å². The summed E-state index contributed by atoms with van der Waals surface area (Å²) >= 11 is 1.29. The van der Waals surface area contributed by atoms with Crippen LogP contribution in [0.25, 0.3) is 21.3 Å². The zero-order chi connectivity index (χ0) is 17.4. The normalized spacial score (nSPS) is 11.1. The van der Waals surface area contributed by atoms with E-state index in [-0.39, 0.29) is 17.2 Å². The maximum Gasteiger partial charge on any atom is 0.271 e. The first-order valence-corrected chi connectivity index (χ1v) is 8.47. The molecule has 0 amide bonds. The monoisotopic (exact) mass is 354 g/mol. The molecule has 2 aromatic heterocycles. The van der Waals surface area contributed by atoms with Crippen LogP contribution in [0.2, 0.25) is 0 Å². The predicted octanol–water partition coefficient (Wildman–Crippen LogP) is 4.45. The van der Waals surface area contributed by atoms with Crippen molar-refractivity contribution in [2.45, 2.75) is 6.54 Å². The van der Waals surface area contributed by atoms with E-state index in [9.17, 15) is 13.6 Å². The first kappa shape index (κ1) is 15.7. The Bertz CT molecular complexity index is 1120. The van der Waals surface area contributed by atoms with Crippen LogP contribution < -0.4 is 5.56 Å². The molecule has 2 heterocycles. The van der Waals surface area contributed by atoms with Gasteiger partial charge in [0.1, 0.15) is 16.3 Å². The first-order valence-electron chi connectivity index (χ1n) is 7.59. The zero-order valence-corrected chi connectivity index (χ0v) is 13.8. The van der Waals surface area contributed by atoms with Crippen LogP contribution in [0.4, 0.5) is 8.78 Å². The van der Waals surface area contributed by atoms with Gasteiger partial charge in [-0.3, -0.25) is 9.36 Å². The van der Waals surface area contributed by atoms with Crippen molar-refractivity contribution in [3.8, 4) is 11.1 Å². The molecule has 0 bridgehead atoms. The van der Waals surface area contributed by atoms with Crippen LogP contribution in [-0.4, -0.2) is 9.55 Å². The second kappa shape index (κ2) is 6.22. The van der Waals surface area contributed by atoms with E-state index in [0.29, 0.717) is 22.3 Å². The van der Waals surface area contributed by atoms with Gasteiger partial charge in [0.05, 0.1) is 18.4 Å². The molecule has 25 heavy (non-hydrogen) atoms. The lowest BCUT2D eigenvalue weighted by molar-refractivity contribution is 0.626. The number of hydrogen-bond donors (Lipinski definition) is 0. The predicted molar refractivity (Wildman–Crippen MR) is 94.8 cm³/mol. The molecule has 2 aromatic carbocycles. The largest absolute Gasteiger partial charge is 0.294 e. The Morgan fingerprint density at radius 1 is 1.04 bits per heavy atom. The standard InChI is InChI=1S/C19H12F2N2OS/c20-14-6-4-12(5-7-14)9-23-11-22-17-16(10-25-18(17)19(23)24)13-2-1-3-15(21)8-13/h1-8,10-11H,9H2. The van der Waals surface area contributed by atoms with E-state index >= 15 is 0 Å². The summed E-state index contributed by atoms with van der Waals surface area (Å²) in [6.07, 6.45) is 1.48. The van der Waals surface area contributed by atoms with Crippen molar-refractivity contribution in [1.29, 1.82) is 0 Å². The minimum absolute atomic E-state index is 0.165. The molecule has 4 aromatic rings. The van der Waals surface area contributed by atoms with Crippen LogP contribution in [0.3, 0.4) is 0 Å². The molecule has 0 spiro atoms. The maximum absolute atomic E-state index is 13.5. The van der Waals surface area contributed by atoms with Crippen molar-refractivity contribution in [2.24, 2.45) is 0 Å². The Labute approximate surface area is 145 Å². The molecule has 4 rings (SSSR count). The van der Waals surface area contributed by atoms with Crippen LogP contribution in [0.5, 0.6) is 0 Å². The highest BCUT2D eigenvalue weighted by atomic mass is 32.1. The third kappa shape index (κ3) is 2.96. The third-order valence-corrected chi connectivity index (χ3v) is 4.91. The molecule has 0 aliphatic rings. The lowest BCUT2D eigenvalue weighted by atomic mass is 10.1. The van der Waals surface area contributed by atoms with Gasteiger partial charge >= 0.3 is 0 Å². The number of halogens is 2. The number of hydrogen-bond acceptors (Lipinski definition) is 3. The van der Waals surface area contributed by atoms with Gasteiger partial charge in [0.25, 0.3) is 5.56 Å². The second-order valence-corrected chi connectivity index (χ2v) is 6.52. The Morgan fingerprint density at radius 2 is 1.84 bits per heavy atom. The quantitative estimate of drug-likeness (QED) is 0.545. The summed E-state index contributed by atoms with van der Waals surface area (Å²) in [5.74, 6) is -0.649. The number of thiophene rings is 1. The van der Waals surface area contributed by atoms with Crippen molar-refractivity contribution < 1.29 is 8.78 Å². The molecule has 0 aliphatic heterocycles. The molecule has 3 nitrogen and oxygen atoms in total. The highest BCUT2D eigenvalue weighted by Crippen LogP contribution is 2.31. The molecular formula is C19H12F2N2OS. The van der Waals surface area contributed by atoms with Crippen molar-refractivity contribution in [3.05, 3.63) is 87.8 Å². The van der Waals surface area contributed by atoms with Crippen LogP contribution >= 0.6 is 11.3 Å². The number of fused-ring (bicyclic) bond motifs is 1. The fourth-order valence-electron chi connectivity index (χ4n) is 2.70. The van der Waals surface area contributed by atoms with E-state index in [2.05, 4.69) is 4.98 Å². The number of nitrogens with zero attached hydrogens (tertiary/aromatic N) is 2. The maximum atomic E-state index is 13.5. The van der Waals surface area contributed by atoms with Crippen molar-refractivity contribution in [1.82, 2.24) is 9.55 Å². The van der Waals surface area contributed by atoms with E-state index in [4.69, 9.17) is 0 Å². The molecule has 0 atom stereocenters. The fraction of sp³-hybridized carbons (Fsp3) is 0.0526. The van der Waals surface area contributed by atoms with E-state index in [0.717, 1.165) is 11.1 Å². The summed E-state index contributed by atoms with van der Waals surface area (Å²) in [5, 5.41) is 1.82. The molecular weight excluding hydrogens is 342 g/mol. The molecule has 124 valence electrons. The van der Waals surface area contributed by atoms with Gasteiger partial charge in [-0.15, -0.1) is 11.3 Å². The first-order chi connectivity index (χ1) is 12.1. The van der Waals surface area contributed by atoms with E-state index in [1.165, 1.54) is 46.5 Å². The molecule has 0 radical (unpaired) electrons. The average molecular weight is 354 g/mol. The molecule has 6 heteroatoms. The minimum atomic E-state index is -0.332. The van der Waals surface area contributed by atoms with Crippen molar-refractivity contribution >= 4 is 21.6 Å². The number of aromatic nitrogens is 2. The van der Waals surface area contributed by atoms with Crippen LogP contribution in [0, 0.1) is 11.6 Å². The highest BCUT2D eigenvalue weighted by Gasteiger charge is 2.13. The molecule has 0 saturated carbocycles. The van der Waals surface area contributed by atoms with Gasteiger partial charge in [0, 0.05) is 10.9 Å². The Hall–Kier alpha value is -2.86. The molecule has 0 saturated heterocycles. The molecule has 0 unspecified atom stereocenters. The van der Waals surface area contributed by atoms with Crippen LogP contribution in [0.15, 0.2) is 65.0 Å². The lowest BCUT2D eigenvalue weighted by Crippen LogP contribution is -2.20. The highest BCUT2D eigenvalue weighted by molar-refractivity contribution is 7.17. The smallest absolute Gasteiger partial charge is 0.271 e. The Morgan fingerprint density at radius 3 is 2.60 bits per heavy atom. The molecule has 0 N–H and O–H groups in total. The number of benzene rings is 2. The second-order valence-electron chi connectivity index (χ2n) is 5.64. The summed E-state index contributed by atoms with van der Waals surface area (Å²) in [5.41, 5.74) is 2.64. The third-order valence-electron chi connectivity index (χ3n) is 3.95. The molecule has 0 fully saturated rings. The van der Waals surface area contributed by atoms with Crippen molar-refractivity contribution in [3.63, 3.8) is 0 Å². The van der Waals surface area contributed by atoms with Gasteiger partial charge in [-0.2, -0.15) is 0 Å². The summed E-state index contributed by atoms with van der Waals surface area (Å²) in [4.78, 5) is 17.1. The SMILES string of the molecule is O=c1c2scc(-c3cccc(F)c3)c2ncn1Cc1ccc(F)cc1. The summed E-state index contributed by atoms with van der Waals surface area (Å²) in [7, 11) is 0. The van der Waals surface area contributed by atoms with Gasteiger partial charge in [0.2, 0.25) is 0 Å².